The number of likely N-dealkylation sites (tertiary alicyclic amines) is 1. The molecule has 2 atom stereocenters. The number of hydrogen-bond donors (Lipinski definition) is 1. The number of carboxylic acid groups (broad SMARTS) is 1. The lowest BCUT2D eigenvalue weighted by Gasteiger charge is -2.38. The molecular formula is C23H27F3N2O4. The largest absolute Gasteiger partial charge is 0.490 e. The Morgan fingerprint density at radius 3 is 2.31 bits per heavy atom. The van der Waals surface area contributed by atoms with Gasteiger partial charge in [-0.25, -0.2) is 4.79 Å². The Kier molecular flexibility index (Phi) is 9.64. The van der Waals surface area contributed by atoms with Crippen LogP contribution in [0.25, 0.3) is 0 Å². The van der Waals surface area contributed by atoms with Crippen molar-refractivity contribution in [2.45, 2.75) is 45.1 Å². The summed E-state index contributed by atoms with van der Waals surface area (Å²) >= 11 is 0. The number of nitrogens with zero attached hydrogens (tertiary/aromatic N) is 2. The van der Waals surface area contributed by atoms with Gasteiger partial charge in [0.1, 0.15) is 0 Å². The fourth-order valence-corrected chi connectivity index (χ4v) is 3.48. The number of amides is 1. The number of piperidine rings is 1. The maximum atomic E-state index is 12.1. The van der Waals surface area contributed by atoms with Crippen LogP contribution in [0.5, 0.6) is 0 Å². The molecule has 174 valence electrons. The van der Waals surface area contributed by atoms with Crippen LogP contribution in [-0.4, -0.2) is 52.2 Å². The van der Waals surface area contributed by atoms with Gasteiger partial charge in [0.15, 0.2) is 0 Å². The fourth-order valence-electron chi connectivity index (χ4n) is 3.48. The fraction of sp³-hybridized carbons (Fsp3) is 0.435. The maximum Gasteiger partial charge on any atom is 0.490 e. The smallest absolute Gasteiger partial charge is 0.475 e. The molecule has 1 aliphatic heterocycles. The van der Waals surface area contributed by atoms with Crippen molar-refractivity contribution in [1.82, 2.24) is 9.88 Å². The number of carbonyl (C=O) groups excluding carboxylic acids is 1. The molecule has 1 saturated heterocycles. The van der Waals surface area contributed by atoms with E-state index in [4.69, 9.17) is 14.6 Å². The van der Waals surface area contributed by atoms with E-state index in [1.54, 1.807) is 12.4 Å². The van der Waals surface area contributed by atoms with Gasteiger partial charge in [-0.05, 0) is 36.1 Å². The lowest BCUT2D eigenvalue weighted by atomic mass is 9.88. The molecule has 1 aliphatic rings. The van der Waals surface area contributed by atoms with Crippen LogP contribution in [0.4, 0.5) is 13.2 Å². The Hall–Kier alpha value is -2.94. The van der Waals surface area contributed by atoms with Gasteiger partial charge < -0.3 is 14.7 Å². The molecule has 1 N–H and O–H groups in total. The summed E-state index contributed by atoms with van der Waals surface area (Å²) in [7, 11) is 0. The molecule has 2 heterocycles. The average molecular weight is 452 g/mol. The molecule has 1 aromatic carbocycles. The summed E-state index contributed by atoms with van der Waals surface area (Å²) in [5.41, 5.74) is 2.44. The summed E-state index contributed by atoms with van der Waals surface area (Å²) in [5, 5.41) is 7.12. The van der Waals surface area contributed by atoms with Crippen LogP contribution in [0, 0.1) is 5.92 Å². The van der Waals surface area contributed by atoms with E-state index in [2.05, 4.69) is 29.2 Å². The van der Waals surface area contributed by atoms with E-state index < -0.39 is 12.1 Å². The Labute approximate surface area is 185 Å². The summed E-state index contributed by atoms with van der Waals surface area (Å²) in [6, 6.07) is 14.5. The van der Waals surface area contributed by atoms with Crippen molar-refractivity contribution in [2.24, 2.45) is 5.92 Å². The van der Waals surface area contributed by atoms with Crippen molar-refractivity contribution in [1.29, 1.82) is 0 Å². The van der Waals surface area contributed by atoms with Crippen LogP contribution >= 0.6 is 0 Å². The highest BCUT2D eigenvalue weighted by Gasteiger charge is 2.38. The molecule has 0 aliphatic carbocycles. The van der Waals surface area contributed by atoms with Crippen molar-refractivity contribution < 1.29 is 32.6 Å². The SMILES string of the molecule is CCC(=O)N1CC[C@H](OCc2ccncc2)[C@@H](Cc2ccccc2)C1.O=C(O)C(F)(F)F. The van der Waals surface area contributed by atoms with E-state index in [0.717, 1.165) is 31.5 Å². The summed E-state index contributed by atoms with van der Waals surface area (Å²) in [6.07, 6.45) is 1.09. The van der Waals surface area contributed by atoms with Gasteiger partial charge in [-0.1, -0.05) is 37.3 Å². The van der Waals surface area contributed by atoms with Crippen molar-refractivity contribution in [3.8, 4) is 0 Å². The van der Waals surface area contributed by atoms with Gasteiger partial charge in [0.2, 0.25) is 5.91 Å². The number of carboxylic acids is 1. The van der Waals surface area contributed by atoms with E-state index in [1.807, 2.05) is 30.0 Å². The number of alkyl halides is 3. The zero-order valence-corrected chi connectivity index (χ0v) is 17.8. The highest BCUT2D eigenvalue weighted by molar-refractivity contribution is 5.76. The minimum absolute atomic E-state index is 0.175. The first-order chi connectivity index (χ1) is 15.2. The van der Waals surface area contributed by atoms with E-state index in [9.17, 15) is 18.0 Å². The van der Waals surface area contributed by atoms with E-state index in [-0.39, 0.29) is 12.0 Å². The first kappa shape index (κ1) is 25.3. The van der Waals surface area contributed by atoms with Crippen LogP contribution in [0.3, 0.4) is 0 Å². The van der Waals surface area contributed by atoms with Crippen molar-refractivity contribution in [3.05, 3.63) is 66.0 Å². The number of rotatable bonds is 6. The first-order valence-electron chi connectivity index (χ1n) is 10.3. The second kappa shape index (κ2) is 12.2. The maximum absolute atomic E-state index is 12.1. The number of benzene rings is 1. The Morgan fingerprint density at radius 2 is 1.75 bits per heavy atom. The molecule has 0 radical (unpaired) electrons. The van der Waals surface area contributed by atoms with Crippen LogP contribution in [0.2, 0.25) is 0 Å². The van der Waals surface area contributed by atoms with E-state index in [0.29, 0.717) is 18.9 Å². The number of halogens is 3. The highest BCUT2D eigenvalue weighted by Crippen LogP contribution is 2.25. The highest BCUT2D eigenvalue weighted by atomic mass is 19.4. The molecule has 1 aromatic heterocycles. The lowest BCUT2D eigenvalue weighted by molar-refractivity contribution is -0.192. The molecule has 0 saturated carbocycles. The Bertz CT molecular complexity index is 847. The van der Waals surface area contributed by atoms with Gasteiger partial charge in [0.25, 0.3) is 0 Å². The van der Waals surface area contributed by atoms with Gasteiger partial charge in [-0.3, -0.25) is 9.78 Å². The van der Waals surface area contributed by atoms with Crippen molar-refractivity contribution in [2.75, 3.05) is 13.1 Å². The van der Waals surface area contributed by atoms with Crippen LogP contribution in [-0.2, 0) is 27.4 Å². The molecule has 0 unspecified atom stereocenters. The Balaban J connectivity index is 0.000000451. The molecule has 1 fully saturated rings. The second-order valence-corrected chi connectivity index (χ2v) is 7.44. The Morgan fingerprint density at radius 1 is 1.12 bits per heavy atom. The quantitative estimate of drug-likeness (QED) is 0.714. The number of pyridine rings is 1. The number of hydrogen-bond acceptors (Lipinski definition) is 4. The summed E-state index contributed by atoms with van der Waals surface area (Å²) in [4.78, 5) is 27.1. The second-order valence-electron chi connectivity index (χ2n) is 7.44. The molecule has 2 aromatic rings. The first-order valence-corrected chi connectivity index (χ1v) is 10.3. The predicted molar refractivity (Wildman–Crippen MR) is 112 cm³/mol. The standard InChI is InChI=1S/C21H26N2O2.C2HF3O2/c1-2-21(24)23-13-10-20(25-16-18-8-11-22-12-9-18)19(15-23)14-17-6-4-3-5-7-17;3-2(4,5)1(6)7/h3-9,11-12,19-20H,2,10,13-16H2,1H3;(H,6,7)/t19-,20-;/m0./s1. The summed E-state index contributed by atoms with van der Waals surface area (Å²) < 4.78 is 38.0. The van der Waals surface area contributed by atoms with Crippen LogP contribution in [0.1, 0.15) is 30.9 Å². The van der Waals surface area contributed by atoms with Crippen LogP contribution in [0.15, 0.2) is 54.9 Å². The number of aliphatic carboxylic acids is 1. The average Bonchev–Trinajstić information content (AvgIpc) is 2.79. The third-order valence-corrected chi connectivity index (χ3v) is 5.12. The third-order valence-electron chi connectivity index (χ3n) is 5.12. The molecule has 1 amide bonds. The van der Waals surface area contributed by atoms with Crippen molar-refractivity contribution >= 4 is 11.9 Å². The van der Waals surface area contributed by atoms with Gasteiger partial charge in [-0.15, -0.1) is 0 Å². The van der Waals surface area contributed by atoms with Crippen molar-refractivity contribution in [3.63, 3.8) is 0 Å². The topological polar surface area (TPSA) is 79.7 Å². The zero-order valence-electron chi connectivity index (χ0n) is 17.8. The molecule has 3 rings (SSSR count). The molecular weight excluding hydrogens is 425 g/mol. The minimum Gasteiger partial charge on any atom is -0.475 e. The zero-order chi connectivity index (χ0) is 23.6. The van der Waals surface area contributed by atoms with Gasteiger partial charge in [0.05, 0.1) is 12.7 Å². The minimum atomic E-state index is -5.08. The number of aromatic nitrogens is 1. The van der Waals surface area contributed by atoms with E-state index >= 15 is 0 Å². The predicted octanol–water partition coefficient (Wildman–Crippen LogP) is 4.10. The molecule has 6 nitrogen and oxygen atoms in total. The van der Waals surface area contributed by atoms with Gasteiger partial charge in [0, 0.05) is 37.8 Å². The number of ether oxygens (including phenoxy) is 1. The molecule has 0 bridgehead atoms. The van der Waals surface area contributed by atoms with Gasteiger partial charge >= 0.3 is 12.1 Å². The van der Waals surface area contributed by atoms with Gasteiger partial charge in [-0.2, -0.15) is 13.2 Å². The normalized spacial score (nSPS) is 18.4. The molecule has 9 heteroatoms. The summed E-state index contributed by atoms with van der Waals surface area (Å²) in [5.74, 6) is -2.19. The van der Waals surface area contributed by atoms with Crippen LogP contribution < -0.4 is 0 Å². The third kappa shape index (κ3) is 8.30. The monoisotopic (exact) mass is 452 g/mol. The summed E-state index contributed by atoms with van der Waals surface area (Å²) in [6.45, 7) is 4.10. The molecule has 32 heavy (non-hydrogen) atoms. The molecule has 0 spiro atoms. The van der Waals surface area contributed by atoms with E-state index in [1.165, 1.54) is 5.56 Å². The lowest BCUT2D eigenvalue weighted by Crippen LogP contribution is -2.47. The number of carbonyl (C=O) groups is 2.